The molecule has 2 N–H and O–H groups in total. The lowest BCUT2D eigenvalue weighted by Gasteiger charge is -2.07. The van der Waals surface area contributed by atoms with Gasteiger partial charge in [-0.15, -0.1) is 11.3 Å². The van der Waals surface area contributed by atoms with E-state index in [-0.39, 0.29) is 0 Å². The number of benzene rings is 2. The van der Waals surface area contributed by atoms with Gasteiger partial charge in [-0.1, -0.05) is 41.6 Å². The van der Waals surface area contributed by atoms with Crippen LogP contribution in [0.4, 0.5) is 0 Å². The lowest BCUT2D eigenvalue weighted by Crippen LogP contribution is -2.03. The van der Waals surface area contributed by atoms with Crippen molar-refractivity contribution in [3.63, 3.8) is 0 Å². The van der Waals surface area contributed by atoms with Crippen LogP contribution < -0.4 is 5.73 Å². The molecule has 5 heteroatoms. The standard InChI is InChI=1S/C15H13ClN2S2/c16-11-6-5-10(7-8-17)14(9-11)20-15-18-12-3-1-2-4-13(12)19-15/h1-6,9H,7-8,17H2. The zero-order valence-corrected chi connectivity index (χ0v) is 13.1. The van der Waals surface area contributed by atoms with Gasteiger partial charge in [0, 0.05) is 9.92 Å². The van der Waals surface area contributed by atoms with Crippen LogP contribution >= 0.6 is 34.7 Å². The number of fused-ring (bicyclic) bond motifs is 1. The number of thiazole rings is 1. The van der Waals surface area contributed by atoms with Crippen molar-refractivity contribution in [2.24, 2.45) is 5.73 Å². The summed E-state index contributed by atoms with van der Waals surface area (Å²) in [5.41, 5.74) is 7.93. The van der Waals surface area contributed by atoms with Gasteiger partial charge in [0.25, 0.3) is 0 Å². The summed E-state index contributed by atoms with van der Waals surface area (Å²) in [6.45, 7) is 0.634. The lowest BCUT2D eigenvalue weighted by atomic mass is 10.1. The molecular formula is C15H13ClN2S2. The number of rotatable bonds is 4. The van der Waals surface area contributed by atoms with E-state index in [4.69, 9.17) is 17.3 Å². The quantitative estimate of drug-likeness (QED) is 0.763. The van der Waals surface area contributed by atoms with Crippen molar-refractivity contribution in [2.45, 2.75) is 15.7 Å². The molecule has 0 aliphatic carbocycles. The molecule has 2 nitrogen and oxygen atoms in total. The van der Waals surface area contributed by atoms with Crippen molar-refractivity contribution in [1.29, 1.82) is 0 Å². The van der Waals surface area contributed by atoms with E-state index >= 15 is 0 Å². The van der Waals surface area contributed by atoms with Crippen LogP contribution in [0.1, 0.15) is 5.56 Å². The van der Waals surface area contributed by atoms with Gasteiger partial charge in [0.2, 0.25) is 0 Å². The number of para-hydroxylation sites is 1. The average molecular weight is 321 g/mol. The first-order chi connectivity index (χ1) is 9.76. The minimum absolute atomic E-state index is 0.634. The zero-order chi connectivity index (χ0) is 13.9. The number of hydrogen-bond acceptors (Lipinski definition) is 4. The van der Waals surface area contributed by atoms with Crippen molar-refractivity contribution < 1.29 is 0 Å². The van der Waals surface area contributed by atoms with Crippen molar-refractivity contribution in [3.05, 3.63) is 53.1 Å². The Morgan fingerprint density at radius 3 is 2.85 bits per heavy atom. The molecule has 0 atom stereocenters. The van der Waals surface area contributed by atoms with Gasteiger partial charge >= 0.3 is 0 Å². The van der Waals surface area contributed by atoms with Crippen LogP contribution in [0.3, 0.4) is 0 Å². The Labute approximate surface area is 131 Å². The molecule has 0 unspecified atom stereocenters. The molecule has 0 saturated heterocycles. The van der Waals surface area contributed by atoms with Gasteiger partial charge < -0.3 is 5.73 Å². The Morgan fingerprint density at radius 2 is 2.05 bits per heavy atom. The Kier molecular flexibility index (Phi) is 4.27. The highest BCUT2D eigenvalue weighted by atomic mass is 35.5. The molecule has 0 fully saturated rings. The van der Waals surface area contributed by atoms with Crippen molar-refractivity contribution in [2.75, 3.05) is 6.54 Å². The maximum absolute atomic E-state index is 6.10. The van der Waals surface area contributed by atoms with Crippen LogP contribution in [0, 0.1) is 0 Å². The number of hydrogen-bond donors (Lipinski definition) is 1. The minimum Gasteiger partial charge on any atom is -0.330 e. The Morgan fingerprint density at radius 1 is 1.20 bits per heavy atom. The predicted molar refractivity (Wildman–Crippen MR) is 88.0 cm³/mol. The van der Waals surface area contributed by atoms with E-state index < -0.39 is 0 Å². The molecule has 1 aromatic heterocycles. The van der Waals surface area contributed by atoms with E-state index in [0.29, 0.717) is 6.54 Å². The summed E-state index contributed by atoms with van der Waals surface area (Å²) in [5.74, 6) is 0. The predicted octanol–water partition coefficient (Wildman–Crippen LogP) is 4.60. The van der Waals surface area contributed by atoms with Crippen LogP contribution in [-0.4, -0.2) is 11.5 Å². The summed E-state index contributed by atoms with van der Waals surface area (Å²) in [4.78, 5) is 5.79. The molecule has 0 bridgehead atoms. The van der Waals surface area contributed by atoms with Gasteiger partial charge in [-0.05, 0) is 42.8 Å². The number of nitrogens with zero attached hydrogens (tertiary/aromatic N) is 1. The van der Waals surface area contributed by atoms with Gasteiger partial charge in [0.1, 0.15) is 0 Å². The van der Waals surface area contributed by atoms with E-state index in [9.17, 15) is 0 Å². The molecule has 0 amide bonds. The molecule has 0 radical (unpaired) electrons. The molecule has 20 heavy (non-hydrogen) atoms. The third-order valence-corrected chi connectivity index (χ3v) is 5.35. The normalized spacial score (nSPS) is 11.1. The molecule has 0 aliphatic heterocycles. The van der Waals surface area contributed by atoms with Crippen molar-refractivity contribution in [3.8, 4) is 0 Å². The molecular weight excluding hydrogens is 308 g/mol. The van der Waals surface area contributed by atoms with E-state index in [2.05, 4.69) is 11.1 Å². The Balaban J connectivity index is 1.95. The maximum atomic E-state index is 6.10. The van der Waals surface area contributed by atoms with Crippen LogP contribution in [0.2, 0.25) is 5.02 Å². The number of halogens is 1. The van der Waals surface area contributed by atoms with E-state index in [0.717, 1.165) is 26.2 Å². The fourth-order valence-corrected chi connectivity index (χ4v) is 4.43. The third-order valence-electron chi connectivity index (χ3n) is 2.91. The van der Waals surface area contributed by atoms with Crippen LogP contribution in [0.15, 0.2) is 51.7 Å². The monoisotopic (exact) mass is 320 g/mol. The minimum atomic E-state index is 0.634. The van der Waals surface area contributed by atoms with Gasteiger partial charge in [-0.25, -0.2) is 4.98 Å². The third kappa shape index (κ3) is 2.99. The van der Waals surface area contributed by atoms with Crippen LogP contribution in [-0.2, 0) is 6.42 Å². The van der Waals surface area contributed by atoms with Crippen molar-refractivity contribution >= 4 is 44.9 Å². The van der Waals surface area contributed by atoms with Gasteiger partial charge in [-0.3, -0.25) is 0 Å². The highest BCUT2D eigenvalue weighted by Gasteiger charge is 2.09. The second kappa shape index (κ2) is 6.14. The van der Waals surface area contributed by atoms with Gasteiger partial charge in [0.15, 0.2) is 4.34 Å². The first-order valence-electron chi connectivity index (χ1n) is 6.28. The van der Waals surface area contributed by atoms with E-state index in [1.54, 1.807) is 23.1 Å². The molecule has 2 aromatic carbocycles. The molecule has 0 saturated carbocycles. The topological polar surface area (TPSA) is 38.9 Å². The fourth-order valence-electron chi connectivity index (χ4n) is 1.97. The van der Waals surface area contributed by atoms with Gasteiger partial charge in [0.05, 0.1) is 10.2 Å². The molecule has 0 spiro atoms. The summed E-state index contributed by atoms with van der Waals surface area (Å²) in [5, 5.41) is 0.745. The number of aromatic nitrogens is 1. The molecule has 3 aromatic rings. The lowest BCUT2D eigenvalue weighted by molar-refractivity contribution is 0.944. The second-order valence-electron chi connectivity index (χ2n) is 4.34. The summed E-state index contributed by atoms with van der Waals surface area (Å²) >= 11 is 9.46. The largest absolute Gasteiger partial charge is 0.330 e. The summed E-state index contributed by atoms with van der Waals surface area (Å²) in [6.07, 6.45) is 0.852. The molecule has 1 heterocycles. The smallest absolute Gasteiger partial charge is 0.155 e. The van der Waals surface area contributed by atoms with Crippen LogP contribution in [0.5, 0.6) is 0 Å². The first kappa shape index (κ1) is 13.9. The molecule has 3 rings (SSSR count). The van der Waals surface area contributed by atoms with E-state index in [1.165, 1.54) is 10.3 Å². The van der Waals surface area contributed by atoms with E-state index in [1.807, 2.05) is 36.4 Å². The van der Waals surface area contributed by atoms with Gasteiger partial charge in [-0.2, -0.15) is 0 Å². The highest BCUT2D eigenvalue weighted by Crippen LogP contribution is 2.37. The molecule has 102 valence electrons. The molecule has 0 aliphatic rings. The fraction of sp³-hybridized carbons (Fsp3) is 0.133. The average Bonchev–Trinajstić information content (AvgIpc) is 2.84. The summed E-state index contributed by atoms with van der Waals surface area (Å²) in [6, 6.07) is 14.1. The SMILES string of the molecule is NCCc1ccc(Cl)cc1Sc1nc2ccccc2s1. The number of nitrogens with two attached hydrogens (primary N) is 1. The Hall–Kier alpha value is -1.07. The van der Waals surface area contributed by atoms with Crippen molar-refractivity contribution in [1.82, 2.24) is 4.98 Å². The zero-order valence-electron chi connectivity index (χ0n) is 10.7. The second-order valence-corrected chi connectivity index (χ2v) is 7.10. The maximum Gasteiger partial charge on any atom is 0.155 e. The Bertz CT molecular complexity index is 707. The summed E-state index contributed by atoms with van der Waals surface area (Å²) in [7, 11) is 0. The van der Waals surface area contributed by atoms with Crippen LogP contribution in [0.25, 0.3) is 10.2 Å². The highest BCUT2D eigenvalue weighted by molar-refractivity contribution is 8.01. The first-order valence-corrected chi connectivity index (χ1v) is 8.29. The summed E-state index contributed by atoms with van der Waals surface area (Å²) < 4.78 is 2.24.